The second-order valence-corrected chi connectivity index (χ2v) is 5.30. The molecule has 0 unspecified atom stereocenters. The second-order valence-electron chi connectivity index (χ2n) is 4.46. The van der Waals surface area contributed by atoms with Crippen LogP contribution in [0.25, 0.3) is 11.3 Å². The molecule has 2 aromatic heterocycles. The van der Waals surface area contributed by atoms with Crippen LogP contribution in [-0.4, -0.2) is 33.0 Å². The van der Waals surface area contributed by atoms with Gasteiger partial charge in [0, 0.05) is 18.8 Å². The SMILES string of the molecule is COc1ccccc1-c1nn(C)cc1C(=O)Nc1nncs1. The van der Waals surface area contributed by atoms with Crippen LogP contribution in [-0.2, 0) is 7.05 Å². The number of para-hydroxylation sites is 1. The van der Waals surface area contributed by atoms with Gasteiger partial charge in [-0.1, -0.05) is 23.5 Å². The van der Waals surface area contributed by atoms with Gasteiger partial charge < -0.3 is 4.74 Å². The van der Waals surface area contributed by atoms with Crippen molar-refractivity contribution in [2.45, 2.75) is 0 Å². The van der Waals surface area contributed by atoms with Crippen molar-refractivity contribution in [1.29, 1.82) is 0 Å². The largest absolute Gasteiger partial charge is 0.496 e. The van der Waals surface area contributed by atoms with Crippen molar-refractivity contribution in [2.24, 2.45) is 7.05 Å². The summed E-state index contributed by atoms with van der Waals surface area (Å²) in [4.78, 5) is 12.5. The predicted molar refractivity (Wildman–Crippen MR) is 83.1 cm³/mol. The van der Waals surface area contributed by atoms with Crippen molar-refractivity contribution in [1.82, 2.24) is 20.0 Å². The Labute approximate surface area is 130 Å². The Hall–Kier alpha value is -2.74. The molecule has 2 heterocycles. The highest BCUT2D eigenvalue weighted by Gasteiger charge is 2.20. The molecule has 0 saturated carbocycles. The highest BCUT2D eigenvalue weighted by Crippen LogP contribution is 2.31. The number of methoxy groups -OCH3 is 1. The minimum absolute atomic E-state index is 0.286. The Morgan fingerprint density at radius 2 is 2.18 bits per heavy atom. The molecule has 0 bridgehead atoms. The Kier molecular flexibility index (Phi) is 3.84. The maximum absolute atomic E-state index is 12.5. The first kappa shape index (κ1) is 14.2. The van der Waals surface area contributed by atoms with Gasteiger partial charge in [-0.05, 0) is 12.1 Å². The van der Waals surface area contributed by atoms with E-state index < -0.39 is 0 Å². The molecule has 3 rings (SSSR count). The van der Waals surface area contributed by atoms with Crippen molar-refractivity contribution >= 4 is 22.4 Å². The van der Waals surface area contributed by atoms with Crippen molar-refractivity contribution in [3.63, 3.8) is 0 Å². The molecule has 0 radical (unpaired) electrons. The van der Waals surface area contributed by atoms with Crippen LogP contribution in [0.4, 0.5) is 5.13 Å². The number of carbonyl (C=O) groups is 1. The van der Waals surface area contributed by atoms with Crippen molar-refractivity contribution in [2.75, 3.05) is 12.4 Å². The first-order valence-corrected chi connectivity index (χ1v) is 7.31. The molecule has 0 aliphatic heterocycles. The lowest BCUT2D eigenvalue weighted by Gasteiger charge is -2.07. The summed E-state index contributed by atoms with van der Waals surface area (Å²) in [6, 6.07) is 7.44. The number of aryl methyl sites for hydroxylation is 1. The standard InChI is InChI=1S/C14H13N5O2S/c1-19-7-10(13(20)16-14-17-15-8-22-14)12(18-19)9-5-3-4-6-11(9)21-2/h3-8H,1-2H3,(H,16,17,20). The van der Waals surface area contributed by atoms with Crippen LogP contribution in [0.15, 0.2) is 36.0 Å². The van der Waals surface area contributed by atoms with Crippen LogP contribution < -0.4 is 10.1 Å². The van der Waals surface area contributed by atoms with Crippen LogP contribution in [0.1, 0.15) is 10.4 Å². The highest BCUT2D eigenvalue weighted by atomic mass is 32.1. The minimum atomic E-state index is -0.286. The molecule has 1 amide bonds. The maximum atomic E-state index is 12.5. The molecule has 0 fully saturated rings. The van der Waals surface area contributed by atoms with E-state index in [0.29, 0.717) is 22.1 Å². The van der Waals surface area contributed by atoms with Gasteiger partial charge in [0.15, 0.2) is 0 Å². The van der Waals surface area contributed by atoms with E-state index in [1.165, 1.54) is 11.3 Å². The van der Waals surface area contributed by atoms with E-state index >= 15 is 0 Å². The zero-order chi connectivity index (χ0) is 15.5. The van der Waals surface area contributed by atoms with Crippen molar-refractivity contribution in [3.05, 3.63) is 41.5 Å². The summed E-state index contributed by atoms with van der Waals surface area (Å²) in [5.74, 6) is 0.372. The zero-order valence-corrected chi connectivity index (χ0v) is 12.8. The molecular weight excluding hydrogens is 302 g/mol. The van der Waals surface area contributed by atoms with E-state index in [1.54, 1.807) is 30.5 Å². The molecular formula is C14H13N5O2S. The smallest absolute Gasteiger partial charge is 0.261 e. The average Bonchev–Trinajstić information content (AvgIpc) is 3.16. The normalized spacial score (nSPS) is 10.5. The third-order valence-electron chi connectivity index (χ3n) is 3.02. The number of anilines is 1. The Bertz CT molecular complexity index is 797. The zero-order valence-electron chi connectivity index (χ0n) is 12.0. The molecule has 7 nitrogen and oxygen atoms in total. The Balaban J connectivity index is 2.01. The fraction of sp³-hybridized carbons (Fsp3) is 0.143. The molecule has 8 heteroatoms. The molecule has 0 saturated heterocycles. The quantitative estimate of drug-likeness (QED) is 0.798. The number of hydrogen-bond acceptors (Lipinski definition) is 6. The summed E-state index contributed by atoms with van der Waals surface area (Å²) in [6.07, 6.45) is 1.66. The van der Waals surface area contributed by atoms with Crippen LogP contribution in [0.3, 0.4) is 0 Å². The molecule has 3 aromatic rings. The number of benzene rings is 1. The number of nitrogens with one attached hydrogen (secondary N) is 1. The number of amides is 1. The van der Waals surface area contributed by atoms with E-state index in [0.717, 1.165) is 5.56 Å². The summed E-state index contributed by atoms with van der Waals surface area (Å²) in [6.45, 7) is 0. The van der Waals surface area contributed by atoms with Gasteiger partial charge in [-0.15, -0.1) is 10.2 Å². The van der Waals surface area contributed by atoms with Gasteiger partial charge in [-0.2, -0.15) is 5.10 Å². The van der Waals surface area contributed by atoms with Crippen LogP contribution in [0.5, 0.6) is 5.75 Å². The summed E-state index contributed by atoms with van der Waals surface area (Å²) >= 11 is 1.26. The van der Waals surface area contributed by atoms with E-state index in [-0.39, 0.29) is 5.91 Å². The summed E-state index contributed by atoms with van der Waals surface area (Å²) in [5, 5.41) is 15.0. The van der Waals surface area contributed by atoms with Gasteiger partial charge in [-0.3, -0.25) is 14.8 Å². The van der Waals surface area contributed by atoms with Crippen LogP contribution >= 0.6 is 11.3 Å². The fourth-order valence-electron chi connectivity index (χ4n) is 2.09. The number of nitrogens with zero attached hydrogens (tertiary/aromatic N) is 4. The minimum Gasteiger partial charge on any atom is -0.496 e. The molecule has 112 valence electrons. The molecule has 22 heavy (non-hydrogen) atoms. The summed E-state index contributed by atoms with van der Waals surface area (Å²) in [5.41, 5.74) is 3.32. The maximum Gasteiger partial charge on any atom is 0.261 e. The van der Waals surface area contributed by atoms with E-state index in [2.05, 4.69) is 20.6 Å². The van der Waals surface area contributed by atoms with E-state index in [4.69, 9.17) is 4.74 Å². The summed E-state index contributed by atoms with van der Waals surface area (Å²) in [7, 11) is 3.35. The lowest BCUT2D eigenvalue weighted by Crippen LogP contribution is -2.12. The third-order valence-corrected chi connectivity index (χ3v) is 3.62. The number of rotatable bonds is 4. The lowest BCUT2D eigenvalue weighted by molar-refractivity contribution is 0.102. The molecule has 0 aliphatic rings. The van der Waals surface area contributed by atoms with E-state index in [1.807, 2.05) is 24.3 Å². The number of hydrogen-bond donors (Lipinski definition) is 1. The fourth-order valence-corrected chi connectivity index (χ4v) is 2.53. The number of carbonyl (C=O) groups excluding carboxylic acids is 1. The van der Waals surface area contributed by atoms with Gasteiger partial charge >= 0.3 is 0 Å². The number of aromatic nitrogens is 4. The van der Waals surface area contributed by atoms with Crippen molar-refractivity contribution in [3.8, 4) is 17.0 Å². The number of ether oxygens (including phenoxy) is 1. The Morgan fingerprint density at radius 1 is 1.36 bits per heavy atom. The van der Waals surface area contributed by atoms with Gasteiger partial charge in [0.05, 0.1) is 12.7 Å². The van der Waals surface area contributed by atoms with Crippen LogP contribution in [0, 0.1) is 0 Å². The lowest BCUT2D eigenvalue weighted by atomic mass is 10.1. The van der Waals surface area contributed by atoms with Gasteiger partial charge in [0.1, 0.15) is 17.0 Å². The van der Waals surface area contributed by atoms with Gasteiger partial charge in [0.2, 0.25) is 5.13 Å². The van der Waals surface area contributed by atoms with Gasteiger partial charge in [-0.25, -0.2) is 0 Å². The van der Waals surface area contributed by atoms with Gasteiger partial charge in [0.25, 0.3) is 5.91 Å². The second kappa shape index (κ2) is 5.94. The first-order valence-electron chi connectivity index (χ1n) is 6.43. The van der Waals surface area contributed by atoms with Crippen LogP contribution in [0.2, 0.25) is 0 Å². The molecule has 1 aromatic carbocycles. The summed E-state index contributed by atoms with van der Waals surface area (Å²) < 4.78 is 6.94. The predicted octanol–water partition coefficient (Wildman–Crippen LogP) is 2.20. The van der Waals surface area contributed by atoms with Crippen molar-refractivity contribution < 1.29 is 9.53 Å². The molecule has 1 N–H and O–H groups in total. The topological polar surface area (TPSA) is 81.9 Å². The average molecular weight is 315 g/mol. The third kappa shape index (κ3) is 2.68. The molecule has 0 spiro atoms. The molecule has 0 atom stereocenters. The monoisotopic (exact) mass is 315 g/mol. The first-order chi connectivity index (χ1) is 10.7. The Morgan fingerprint density at radius 3 is 2.91 bits per heavy atom. The highest BCUT2D eigenvalue weighted by molar-refractivity contribution is 7.13. The van der Waals surface area contributed by atoms with E-state index in [9.17, 15) is 4.79 Å². The molecule has 0 aliphatic carbocycles.